The Labute approximate surface area is 130 Å². The highest BCUT2D eigenvalue weighted by Gasteiger charge is 2.39. The summed E-state index contributed by atoms with van der Waals surface area (Å²) in [6.07, 6.45) is 13.5. The number of ether oxygens (including phenoxy) is 2. The minimum Gasteiger partial charge on any atom is -0.381 e. The Hall–Kier alpha value is -0.120. The number of hydrogen-bond acceptors (Lipinski definition) is 3. The quantitative estimate of drug-likeness (QED) is 0.811. The van der Waals surface area contributed by atoms with Crippen LogP contribution in [0.15, 0.2) is 0 Å². The Balaban J connectivity index is 1.57. The van der Waals surface area contributed by atoms with Crippen molar-refractivity contribution in [3.63, 3.8) is 0 Å². The van der Waals surface area contributed by atoms with E-state index in [1.54, 1.807) is 0 Å². The molecular formula is C18H33NO2. The van der Waals surface area contributed by atoms with Crippen LogP contribution in [0.4, 0.5) is 0 Å². The minimum absolute atomic E-state index is 0.107. The highest BCUT2D eigenvalue weighted by atomic mass is 16.5. The van der Waals surface area contributed by atoms with E-state index in [9.17, 15) is 0 Å². The first-order valence-electron chi connectivity index (χ1n) is 9.13. The van der Waals surface area contributed by atoms with Crippen LogP contribution in [0, 0.1) is 5.92 Å². The molecule has 0 bridgehead atoms. The van der Waals surface area contributed by atoms with Gasteiger partial charge in [-0.1, -0.05) is 6.92 Å². The van der Waals surface area contributed by atoms with Crippen molar-refractivity contribution in [2.24, 2.45) is 5.92 Å². The lowest BCUT2D eigenvalue weighted by molar-refractivity contribution is -0.140. The molecule has 3 saturated carbocycles. The van der Waals surface area contributed by atoms with Gasteiger partial charge in [-0.3, -0.25) is 0 Å². The van der Waals surface area contributed by atoms with Crippen molar-refractivity contribution in [2.45, 2.75) is 95.0 Å². The first-order valence-corrected chi connectivity index (χ1v) is 9.13. The molecule has 3 heteroatoms. The molecule has 3 nitrogen and oxygen atoms in total. The summed E-state index contributed by atoms with van der Waals surface area (Å²) in [6, 6.07) is 0.780. The third-order valence-electron chi connectivity index (χ3n) is 5.80. The normalized spacial score (nSPS) is 41.1. The molecule has 1 N–H and O–H groups in total. The molecule has 0 radical (unpaired) electrons. The van der Waals surface area contributed by atoms with Crippen LogP contribution in [0.1, 0.15) is 71.1 Å². The topological polar surface area (TPSA) is 30.5 Å². The molecule has 0 aromatic rings. The average molecular weight is 295 g/mol. The van der Waals surface area contributed by atoms with E-state index < -0.39 is 0 Å². The maximum atomic E-state index is 6.74. The molecule has 2 atom stereocenters. The molecule has 0 saturated heterocycles. The van der Waals surface area contributed by atoms with Gasteiger partial charge in [-0.15, -0.1) is 0 Å². The Bertz CT molecular complexity index is 321. The first kappa shape index (κ1) is 15.8. The fourth-order valence-electron chi connectivity index (χ4n) is 4.02. The third-order valence-corrected chi connectivity index (χ3v) is 5.80. The molecule has 0 aliphatic heterocycles. The summed E-state index contributed by atoms with van der Waals surface area (Å²) in [4.78, 5) is 0. The van der Waals surface area contributed by atoms with Crippen molar-refractivity contribution in [3.8, 4) is 0 Å². The molecule has 21 heavy (non-hydrogen) atoms. The van der Waals surface area contributed by atoms with Gasteiger partial charge in [-0.2, -0.15) is 0 Å². The van der Waals surface area contributed by atoms with E-state index in [4.69, 9.17) is 9.47 Å². The predicted octanol–water partition coefficient (Wildman–Crippen LogP) is 3.66. The Morgan fingerprint density at radius 2 is 1.71 bits per heavy atom. The van der Waals surface area contributed by atoms with Gasteiger partial charge in [0.15, 0.2) is 0 Å². The number of methoxy groups -OCH3 is 1. The molecule has 3 fully saturated rings. The fraction of sp³-hybridized carbons (Fsp3) is 1.00. The molecule has 0 aromatic carbocycles. The Morgan fingerprint density at radius 3 is 2.38 bits per heavy atom. The number of rotatable bonds is 6. The van der Waals surface area contributed by atoms with Crippen LogP contribution in [0.5, 0.6) is 0 Å². The smallest absolute Gasteiger partial charge is 0.0810 e. The van der Waals surface area contributed by atoms with E-state index in [1.807, 2.05) is 7.11 Å². The standard InChI is InChI=1S/C18H33NO2/c1-14-8-10-18(11-9-14,13-19-15-6-7-15)21-17-5-3-4-16(12-17)20-2/h14-17,19H,3-13H2,1-2H3. The summed E-state index contributed by atoms with van der Waals surface area (Å²) in [5.74, 6) is 0.876. The van der Waals surface area contributed by atoms with Crippen LogP contribution in [0.3, 0.4) is 0 Å². The van der Waals surface area contributed by atoms with Crippen molar-refractivity contribution in [1.82, 2.24) is 5.32 Å². The summed E-state index contributed by atoms with van der Waals surface area (Å²) >= 11 is 0. The SMILES string of the molecule is COC1CCCC(OC2(CNC3CC3)CCC(C)CC2)C1. The molecule has 0 spiro atoms. The van der Waals surface area contributed by atoms with Crippen LogP contribution < -0.4 is 5.32 Å². The first-order chi connectivity index (χ1) is 10.2. The summed E-state index contributed by atoms with van der Waals surface area (Å²) in [6.45, 7) is 3.46. The van der Waals surface area contributed by atoms with E-state index in [-0.39, 0.29) is 5.60 Å². The molecule has 0 amide bonds. The van der Waals surface area contributed by atoms with E-state index in [1.165, 1.54) is 57.8 Å². The number of hydrogen-bond donors (Lipinski definition) is 1. The maximum Gasteiger partial charge on any atom is 0.0810 e. The largest absolute Gasteiger partial charge is 0.381 e. The van der Waals surface area contributed by atoms with E-state index in [0.29, 0.717) is 12.2 Å². The molecule has 0 aromatic heterocycles. The zero-order valence-electron chi connectivity index (χ0n) is 13.9. The fourth-order valence-corrected chi connectivity index (χ4v) is 4.02. The van der Waals surface area contributed by atoms with Crippen molar-refractivity contribution < 1.29 is 9.47 Å². The molecule has 0 heterocycles. The second-order valence-electron chi connectivity index (χ2n) is 7.78. The van der Waals surface area contributed by atoms with Crippen molar-refractivity contribution >= 4 is 0 Å². The van der Waals surface area contributed by atoms with Crippen molar-refractivity contribution in [3.05, 3.63) is 0 Å². The summed E-state index contributed by atoms with van der Waals surface area (Å²) in [5, 5.41) is 3.74. The Morgan fingerprint density at radius 1 is 1.00 bits per heavy atom. The van der Waals surface area contributed by atoms with Crippen LogP contribution in [-0.4, -0.2) is 37.5 Å². The Kier molecular flexibility index (Phi) is 5.23. The monoisotopic (exact) mass is 295 g/mol. The van der Waals surface area contributed by atoms with Crippen LogP contribution >= 0.6 is 0 Å². The second kappa shape index (κ2) is 6.97. The molecule has 3 aliphatic carbocycles. The highest BCUT2D eigenvalue weighted by molar-refractivity contribution is 4.93. The van der Waals surface area contributed by atoms with Gasteiger partial charge in [0, 0.05) is 19.7 Å². The lowest BCUT2D eigenvalue weighted by atomic mass is 9.78. The molecular weight excluding hydrogens is 262 g/mol. The molecule has 2 unspecified atom stereocenters. The average Bonchev–Trinajstić information content (AvgIpc) is 3.33. The van der Waals surface area contributed by atoms with Gasteiger partial charge < -0.3 is 14.8 Å². The lowest BCUT2D eigenvalue weighted by Crippen LogP contribution is -2.49. The second-order valence-corrected chi connectivity index (χ2v) is 7.78. The third kappa shape index (κ3) is 4.43. The number of nitrogens with one attached hydrogen (secondary N) is 1. The van der Waals surface area contributed by atoms with Crippen LogP contribution in [0.2, 0.25) is 0 Å². The predicted molar refractivity (Wildman–Crippen MR) is 85.5 cm³/mol. The maximum absolute atomic E-state index is 6.74. The zero-order chi connectivity index (χ0) is 14.7. The van der Waals surface area contributed by atoms with Gasteiger partial charge in [0.25, 0.3) is 0 Å². The summed E-state index contributed by atoms with van der Waals surface area (Å²) in [7, 11) is 1.85. The van der Waals surface area contributed by atoms with Crippen molar-refractivity contribution in [2.75, 3.05) is 13.7 Å². The van der Waals surface area contributed by atoms with Crippen molar-refractivity contribution in [1.29, 1.82) is 0 Å². The van der Waals surface area contributed by atoms with Gasteiger partial charge in [0.05, 0.1) is 17.8 Å². The minimum atomic E-state index is 0.107. The highest BCUT2D eigenvalue weighted by Crippen LogP contribution is 2.38. The molecule has 122 valence electrons. The zero-order valence-corrected chi connectivity index (χ0v) is 13.9. The van der Waals surface area contributed by atoms with Crippen LogP contribution in [-0.2, 0) is 9.47 Å². The van der Waals surface area contributed by atoms with E-state index in [0.717, 1.165) is 24.9 Å². The molecule has 3 rings (SSSR count). The van der Waals surface area contributed by atoms with Gasteiger partial charge in [-0.25, -0.2) is 0 Å². The summed E-state index contributed by atoms with van der Waals surface area (Å²) < 4.78 is 12.3. The lowest BCUT2D eigenvalue weighted by Gasteiger charge is -2.43. The van der Waals surface area contributed by atoms with Gasteiger partial charge in [0.1, 0.15) is 0 Å². The van der Waals surface area contributed by atoms with E-state index >= 15 is 0 Å². The van der Waals surface area contributed by atoms with Gasteiger partial charge >= 0.3 is 0 Å². The van der Waals surface area contributed by atoms with Gasteiger partial charge in [-0.05, 0) is 70.1 Å². The van der Waals surface area contributed by atoms with Gasteiger partial charge in [0.2, 0.25) is 0 Å². The van der Waals surface area contributed by atoms with Crippen LogP contribution in [0.25, 0.3) is 0 Å². The molecule has 3 aliphatic rings. The summed E-state index contributed by atoms with van der Waals surface area (Å²) in [5.41, 5.74) is 0.107. The van der Waals surface area contributed by atoms with E-state index in [2.05, 4.69) is 12.2 Å².